The van der Waals surface area contributed by atoms with Crippen molar-refractivity contribution in [3.05, 3.63) is 83.0 Å². The first kappa shape index (κ1) is 24.2. The Kier molecular flexibility index (Phi) is 4.73. The number of hydrogen-bond acceptors (Lipinski definition) is 0. The molecule has 0 unspecified atom stereocenters. The largest absolute Gasteiger partial charge is 0.417 e. The molecule has 0 atom stereocenters. The Balaban J connectivity index is 1.93. The maximum atomic E-state index is 14.4. The molecule has 0 saturated carbocycles. The van der Waals surface area contributed by atoms with Crippen LogP contribution < -0.4 is 4.57 Å². The fraction of sp³-hybridized carbons (Fsp3) is 0.265. The number of fused-ring (bicyclic) bond motifs is 7. The summed E-state index contributed by atoms with van der Waals surface area (Å²) < 4.78 is 47.6. The number of aryl methyl sites for hydroxylation is 3. The highest BCUT2D eigenvalue weighted by molar-refractivity contribution is 6.29. The molecule has 0 bridgehead atoms. The maximum absolute atomic E-state index is 14.4. The van der Waals surface area contributed by atoms with Crippen molar-refractivity contribution in [1.82, 2.24) is 4.40 Å². The van der Waals surface area contributed by atoms with Crippen LogP contribution in [0.5, 0.6) is 0 Å². The molecule has 3 aromatic heterocycles. The van der Waals surface area contributed by atoms with Crippen molar-refractivity contribution < 1.29 is 17.7 Å². The van der Waals surface area contributed by atoms with Gasteiger partial charge in [0.25, 0.3) is 0 Å². The van der Waals surface area contributed by atoms with Gasteiger partial charge in [-0.15, -0.1) is 0 Å². The lowest BCUT2D eigenvalue weighted by molar-refractivity contribution is -0.643. The summed E-state index contributed by atoms with van der Waals surface area (Å²) in [6.45, 7) is 10.9. The number of pyridine rings is 2. The lowest BCUT2D eigenvalue weighted by Gasteiger charge is -2.24. The average molecular weight is 524 g/mol. The molecule has 7 aromatic rings. The molecule has 2 nitrogen and oxygen atoms in total. The topological polar surface area (TPSA) is 8.29 Å². The van der Waals surface area contributed by atoms with Gasteiger partial charge in [-0.2, -0.15) is 13.2 Å². The van der Waals surface area contributed by atoms with Gasteiger partial charge in [-0.05, 0) is 65.1 Å². The van der Waals surface area contributed by atoms with Crippen molar-refractivity contribution in [3.63, 3.8) is 0 Å². The Morgan fingerprint density at radius 1 is 0.795 bits per heavy atom. The standard InChI is InChI=1S/C34H30F3N2/c1-18-10-12-21-23(16-18)19(2)27-31(24(21)17-33(3,4)5)39-26-9-7-8-25(34(35,36)37)29(26)22-13-11-20-14-15-38(6)32(27)28(20)30(22)39/h7-16H,17H2,1-6H3/q+1. The summed E-state index contributed by atoms with van der Waals surface area (Å²) in [6, 6.07) is 17.1. The fourth-order valence-electron chi connectivity index (χ4n) is 6.84. The third-order valence-corrected chi connectivity index (χ3v) is 8.33. The minimum atomic E-state index is -4.46. The molecule has 4 aromatic carbocycles. The van der Waals surface area contributed by atoms with Gasteiger partial charge in [0.15, 0.2) is 6.20 Å². The predicted octanol–water partition coefficient (Wildman–Crippen LogP) is 9.19. The molecule has 7 rings (SSSR count). The minimum absolute atomic E-state index is 0.0365. The third kappa shape index (κ3) is 3.25. The van der Waals surface area contributed by atoms with Crippen LogP contribution in [0.25, 0.3) is 59.8 Å². The monoisotopic (exact) mass is 523 g/mol. The summed E-state index contributed by atoms with van der Waals surface area (Å²) in [5.74, 6) is 0. The molecule has 0 amide bonds. The summed E-state index contributed by atoms with van der Waals surface area (Å²) in [7, 11) is 2.04. The Morgan fingerprint density at radius 3 is 2.26 bits per heavy atom. The van der Waals surface area contributed by atoms with Crippen LogP contribution in [0, 0.1) is 19.3 Å². The first-order valence-electron chi connectivity index (χ1n) is 13.4. The molecule has 0 spiro atoms. The van der Waals surface area contributed by atoms with Crippen molar-refractivity contribution in [2.45, 2.75) is 47.2 Å². The number of hydrogen-bond donors (Lipinski definition) is 0. The minimum Gasteiger partial charge on any atom is -0.307 e. The maximum Gasteiger partial charge on any atom is 0.417 e. The zero-order chi connectivity index (χ0) is 27.6. The molecule has 0 aliphatic heterocycles. The van der Waals surface area contributed by atoms with Crippen LogP contribution in [-0.4, -0.2) is 4.40 Å². The molecule has 196 valence electrons. The second-order valence-corrected chi connectivity index (χ2v) is 12.3. The second kappa shape index (κ2) is 7.62. The van der Waals surface area contributed by atoms with E-state index in [1.807, 2.05) is 25.2 Å². The number of alkyl halides is 3. The lowest BCUT2D eigenvalue weighted by atomic mass is 9.83. The van der Waals surface area contributed by atoms with Gasteiger partial charge in [0.1, 0.15) is 7.05 Å². The molecule has 0 fully saturated rings. The van der Waals surface area contributed by atoms with E-state index in [9.17, 15) is 13.2 Å². The molecule has 39 heavy (non-hydrogen) atoms. The molecule has 0 radical (unpaired) electrons. The van der Waals surface area contributed by atoms with Crippen LogP contribution in [0.15, 0.2) is 60.8 Å². The normalized spacial score (nSPS) is 13.4. The molecule has 0 saturated heterocycles. The van der Waals surface area contributed by atoms with E-state index in [1.54, 1.807) is 6.07 Å². The predicted molar refractivity (Wildman–Crippen MR) is 155 cm³/mol. The SMILES string of the molecule is Cc1ccc2c(CC(C)(C)C)c3c(c(C)c2c1)c1c2c(ccc4c5c(C(F)(F)F)cccc5n3c42)cc[n+]1C. The highest BCUT2D eigenvalue weighted by Crippen LogP contribution is 2.47. The van der Waals surface area contributed by atoms with E-state index in [-0.39, 0.29) is 10.8 Å². The summed E-state index contributed by atoms with van der Waals surface area (Å²) in [5.41, 5.74) is 6.44. The molecular formula is C34H30F3N2+. The van der Waals surface area contributed by atoms with E-state index in [0.717, 1.165) is 44.7 Å². The Labute approximate surface area is 224 Å². The van der Waals surface area contributed by atoms with Gasteiger partial charge in [-0.25, -0.2) is 4.57 Å². The van der Waals surface area contributed by atoms with E-state index in [2.05, 4.69) is 74.0 Å². The highest BCUT2D eigenvalue weighted by Gasteiger charge is 2.36. The summed E-state index contributed by atoms with van der Waals surface area (Å²) >= 11 is 0. The number of aromatic nitrogens is 2. The fourth-order valence-corrected chi connectivity index (χ4v) is 6.84. The zero-order valence-electron chi connectivity index (χ0n) is 23.0. The summed E-state index contributed by atoms with van der Waals surface area (Å²) in [4.78, 5) is 0. The summed E-state index contributed by atoms with van der Waals surface area (Å²) in [6.07, 6.45) is -1.60. The van der Waals surface area contributed by atoms with Crippen molar-refractivity contribution >= 4 is 59.8 Å². The Hall–Kier alpha value is -3.86. The highest BCUT2D eigenvalue weighted by atomic mass is 19.4. The van der Waals surface area contributed by atoms with E-state index < -0.39 is 11.7 Å². The Bertz CT molecular complexity index is 2140. The molecule has 5 heteroatoms. The number of halogens is 3. The van der Waals surface area contributed by atoms with Gasteiger partial charge in [0.2, 0.25) is 5.52 Å². The van der Waals surface area contributed by atoms with Gasteiger partial charge >= 0.3 is 6.18 Å². The van der Waals surface area contributed by atoms with Gasteiger partial charge in [-0.1, -0.05) is 62.7 Å². The second-order valence-electron chi connectivity index (χ2n) is 12.3. The zero-order valence-corrected chi connectivity index (χ0v) is 23.0. The van der Waals surface area contributed by atoms with E-state index in [1.165, 1.54) is 28.0 Å². The van der Waals surface area contributed by atoms with E-state index >= 15 is 0 Å². The van der Waals surface area contributed by atoms with Crippen LogP contribution in [0.4, 0.5) is 13.2 Å². The van der Waals surface area contributed by atoms with E-state index in [4.69, 9.17) is 0 Å². The smallest absolute Gasteiger partial charge is 0.307 e. The first-order valence-corrected chi connectivity index (χ1v) is 13.4. The summed E-state index contributed by atoms with van der Waals surface area (Å²) in [5, 5.41) is 6.43. The van der Waals surface area contributed by atoms with Gasteiger partial charge < -0.3 is 4.40 Å². The van der Waals surface area contributed by atoms with Crippen LogP contribution >= 0.6 is 0 Å². The Morgan fingerprint density at radius 2 is 1.54 bits per heavy atom. The van der Waals surface area contributed by atoms with Crippen molar-refractivity contribution in [2.75, 3.05) is 0 Å². The molecular weight excluding hydrogens is 493 g/mol. The lowest BCUT2D eigenvalue weighted by Crippen LogP contribution is -2.29. The number of nitrogens with zero attached hydrogens (tertiary/aromatic N) is 2. The van der Waals surface area contributed by atoms with Crippen molar-refractivity contribution in [1.29, 1.82) is 0 Å². The molecule has 0 aliphatic rings. The molecule has 0 aliphatic carbocycles. The first-order chi connectivity index (χ1) is 18.4. The van der Waals surface area contributed by atoms with Crippen LogP contribution in [-0.2, 0) is 19.6 Å². The number of rotatable bonds is 1. The van der Waals surface area contributed by atoms with Crippen LogP contribution in [0.1, 0.15) is 43.0 Å². The average Bonchev–Trinajstić information content (AvgIpc) is 3.20. The van der Waals surface area contributed by atoms with Gasteiger partial charge in [0, 0.05) is 16.8 Å². The van der Waals surface area contributed by atoms with Crippen LogP contribution in [0.3, 0.4) is 0 Å². The van der Waals surface area contributed by atoms with Gasteiger partial charge in [-0.3, -0.25) is 0 Å². The van der Waals surface area contributed by atoms with E-state index in [0.29, 0.717) is 10.9 Å². The molecule has 0 N–H and O–H groups in total. The quantitative estimate of drug-likeness (QED) is 0.115. The third-order valence-electron chi connectivity index (χ3n) is 8.33. The van der Waals surface area contributed by atoms with Crippen molar-refractivity contribution in [2.24, 2.45) is 12.5 Å². The van der Waals surface area contributed by atoms with Gasteiger partial charge in [0.05, 0.1) is 32.9 Å². The molecule has 3 heterocycles. The van der Waals surface area contributed by atoms with Crippen LogP contribution in [0.2, 0.25) is 0 Å². The number of benzene rings is 4. The van der Waals surface area contributed by atoms with Crippen molar-refractivity contribution in [3.8, 4) is 0 Å².